The summed E-state index contributed by atoms with van der Waals surface area (Å²) < 4.78 is 0. The molecule has 0 aromatic heterocycles. The summed E-state index contributed by atoms with van der Waals surface area (Å²) in [4.78, 5) is 0. The molecule has 1 aliphatic rings. The van der Waals surface area contributed by atoms with E-state index in [-0.39, 0.29) is 0 Å². The van der Waals surface area contributed by atoms with Gasteiger partial charge in [0.1, 0.15) is 0 Å². The Balaban J connectivity index is 0.000000371. The van der Waals surface area contributed by atoms with Crippen molar-refractivity contribution < 1.29 is 0 Å². The molecule has 0 spiro atoms. The van der Waals surface area contributed by atoms with Crippen molar-refractivity contribution >= 4 is 0 Å². The first-order chi connectivity index (χ1) is 4.83. The monoisotopic (exact) mass is 143 g/mol. The molecule has 2 atom stereocenters. The van der Waals surface area contributed by atoms with Crippen LogP contribution in [0.1, 0.15) is 40.0 Å². The van der Waals surface area contributed by atoms with Crippen molar-refractivity contribution in [2.45, 2.75) is 46.1 Å². The largest absolute Gasteiger partial charge is 0.317 e. The van der Waals surface area contributed by atoms with Gasteiger partial charge in [-0.15, -0.1) is 0 Å². The van der Waals surface area contributed by atoms with Crippen LogP contribution in [0.4, 0.5) is 0 Å². The van der Waals surface area contributed by atoms with E-state index >= 15 is 0 Å². The van der Waals surface area contributed by atoms with Gasteiger partial charge in [-0.2, -0.15) is 0 Å². The van der Waals surface area contributed by atoms with Gasteiger partial charge in [-0.25, -0.2) is 0 Å². The molecule has 0 saturated heterocycles. The maximum absolute atomic E-state index is 3.29. The molecule has 0 aliphatic heterocycles. The molecule has 0 aromatic rings. The van der Waals surface area contributed by atoms with Gasteiger partial charge in [0, 0.05) is 6.04 Å². The standard InChI is InChI=1S/C7H15N.C2H6/c1-6-3-4-7(5-6)8-2;1-2/h6-8H,3-5H2,1-2H3;1-2H3. The molecule has 1 heteroatoms. The summed E-state index contributed by atoms with van der Waals surface area (Å²) in [6, 6.07) is 0.824. The highest BCUT2D eigenvalue weighted by Crippen LogP contribution is 2.23. The van der Waals surface area contributed by atoms with Crippen LogP contribution in [0.3, 0.4) is 0 Å². The van der Waals surface area contributed by atoms with Crippen LogP contribution in [-0.2, 0) is 0 Å². The van der Waals surface area contributed by atoms with Crippen molar-refractivity contribution in [1.82, 2.24) is 5.32 Å². The maximum Gasteiger partial charge on any atom is 0.00667 e. The highest BCUT2D eigenvalue weighted by atomic mass is 14.9. The molecule has 0 bridgehead atoms. The van der Waals surface area contributed by atoms with Crippen molar-refractivity contribution in [1.29, 1.82) is 0 Å². The predicted molar refractivity (Wildman–Crippen MR) is 47.2 cm³/mol. The van der Waals surface area contributed by atoms with Crippen LogP contribution >= 0.6 is 0 Å². The van der Waals surface area contributed by atoms with Gasteiger partial charge in [-0.1, -0.05) is 20.8 Å². The number of hydrogen-bond donors (Lipinski definition) is 1. The van der Waals surface area contributed by atoms with E-state index in [4.69, 9.17) is 0 Å². The fourth-order valence-electron chi connectivity index (χ4n) is 1.47. The lowest BCUT2D eigenvalue weighted by molar-refractivity contribution is 0.544. The van der Waals surface area contributed by atoms with E-state index in [1.54, 1.807) is 0 Å². The van der Waals surface area contributed by atoms with Crippen LogP contribution < -0.4 is 5.32 Å². The van der Waals surface area contributed by atoms with Gasteiger partial charge < -0.3 is 5.32 Å². The van der Waals surface area contributed by atoms with E-state index in [1.807, 2.05) is 13.8 Å². The van der Waals surface area contributed by atoms with Crippen molar-refractivity contribution in [3.63, 3.8) is 0 Å². The average molecular weight is 143 g/mol. The quantitative estimate of drug-likeness (QED) is 0.594. The lowest BCUT2D eigenvalue weighted by atomic mass is 10.1. The predicted octanol–water partition coefficient (Wildman–Crippen LogP) is 2.42. The molecule has 1 fully saturated rings. The second-order valence-corrected chi connectivity index (χ2v) is 2.90. The first kappa shape index (κ1) is 9.96. The minimum atomic E-state index is 0.824. The van der Waals surface area contributed by atoms with Crippen LogP contribution in [-0.4, -0.2) is 13.1 Å². The van der Waals surface area contributed by atoms with Crippen LogP contribution in [0.5, 0.6) is 0 Å². The average Bonchev–Trinajstić information content (AvgIpc) is 2.40. The van der Waals surface area contributed by atoms with E-state index in [9.17, 15) is 0 Å². The molecule has 0 heterocycles. The molecule has 1 nitrogen and oxygen atoms in total. The molecule has 1 N–H and O–H groups in total. The molecule has 10 heavy (non-hydrogen) atoms. The third-order valence-electron chi connectivity index (χ3n) is 2.10. The number of hydrogen-bond acceptors (Lipinski definition) is 1. The topological polar surface area (TPSA) is 12.0 Å². The zero-order chi connectivity index (χ0) is 7.98. The van der Waals surface area contributed by atoms with Gasteiger partial charge in [-0.05, 0) is 32.2 Å². The molecule has 62 valence electrons. The second kappa shape index (κ2) is 5.72. The van der Waals surface area contributed by atoms with E-state index in [1.165, 1.54) is 19.3 Å². The Morgan fingerprint density at radius 1 is 1.20 bits per heavy atom. The van der Waals surface area contributed by atoms with Crippen molar-refractivity contribution in [3.8, 4) is 0 Å². The summed E-state index contributed by atoms with van der Waals surface area (Å²) in [7, 11) is 2.06. The zero-order valence-electron chi connectivity index (χ0n) is 7.78. The van der Waals surface area contributed by atoms with E-state index in [0.717, 1.165) is 12.0 Å². The summed E-state index contributed by atoms with van der Waals surface area (Å²) in [6.45, 7) is 6.33. The van der Waals surface area contributed by atoms with Gasteiger partial charge in [0.2, 0.25) is 0 Å². The summed E-state index contributed by atoms with van der Waals surface area (Å²) in [6.07, 6.45) is 4.19. The zero-order valence-corrected chi connectivity index (χ0v) is 7.78. The summed E-state index contributed by atoms with van der Waals surface area (Å²) in [5.41, 5.74) is 0. The molecule has 0 aromatic carbocycles. The minimum absolute atomic E-state index is 0.824. The molecular weight excluding hydrogens is 122 g/mol. The maximum atomic E-state index is 3.29. The van der Waals surface area contributed by atoms with Crippen LogP contribution in [0.2, 0.25) is 0 Å². The molecular formula is C9H21N. The first-order valence-electron chi connectivity index (χ1n) is 4.50. The van der Waals surface area contributed by atoms with Crippen LogP contribution in [0.15, 0.2) is 0 Å². The summed E-state index contributed by atoms with van der Waals surface area (Å²) in [5, 5.41) is 3.29. The third kappa shape index (κ3) is 3.21. The summed E-state index contributed by atoms with van der Waals surface area (Å²) >= 11 is 0. The Labute approximate surface area is 65.2 Å². The van der Waals surface area contributed by atoms with Crippen LogP contribution in [0, 0.1) is 5.92 Å². The lowest BCUT2D eigenvalue weighted by Gasteiger charge is -2.04. The van der Waals surface area contributed by atoms with Gasteiger partial charge in [-0.3, -0.25) is 0 Å². The van der Waals surface area contributed by atoms with Crippen LogP contribution in [0.25, 0.3) is 0 Å². The Morgan fingerprint density at radius 3 is 2.00 bits per heavy atom. The Morgan fingerprint density at radius 2 is 1.80 bits per heavy atom. The SMILES string of the molecule is CC.CNC1CCC(C)C1. The van der Waals surface area contributed by atoms with Gasteiger partial charge in [0.15, 0.2) is 0 Å². The van der Waals surface area contributed by atoms with Crippen molar-refractivity contribution in [3.05, 3.63) is 0 Å². The van der Waals surface area contributed by atoms with E-state index < -0.39 is 0 Å². The second-order valence-electron chi connectivity index (χ2n) is 2.90. The first-order valence-corrected chi connectivity index (χ1v) is 4.50. The third-order valence-corrected chi connectivity index (χ3v) is 2.10. The Bertz CT molecular complexity index is 71.1. The lowest BCUT2D eigenvalue weighted by Crippen LogP contribution is -2.20. The number of nitrogens with one attached hydrogen (secondary N) is 1. The van der Waals surface area contributed by atoms with Crippen molar-refractivity contribution in [2.24, 2.45) is 5.92 Å². The van der Waals surface area contributed by atoms with E-state index in [0.29, 0.717) is 0 Å². The molecule has 1 aliphatic carbocycles. The molecule has 0 radical (unpaired) electrons. The fourth-order valence-corrected chi connectivity index (χ4v) is 1.47. The van der Waals surface area contributed by atoms with Gasteiger partial charge in [0.05, 0.1) is 0 Å². The molecule has 1 rings (SSSR count). The fraction of sp³-hybridized carbons (Fsp3) is 1.00. The molecule has 1 saturated carbocycles. The molecule has 0 amide bonds. The van der Waals surface area contributed by atoms with E-state index in [2.05, 4.69) is 19.3 Å². The molecule has 2 unspecified atom stereocenters. The normalized spacial score (nSPS) is 31.2. The smallest absolute Gasteiger partial charge is 0.00667 e. The van der Waals surface area contributed by atoms with Gasteiger partial charge in [0.25, 0.3) is 0 Å². The Kier molecular flexibility index (Phi) is 5.70. The summed E-state index contributed by atoms with van der Waals surface area (Å²) in [5.74, 6) is 0.965. The Hall–Kier alpha value is -0.0400. The number of rotatable bonds is 1. The highest BCUT2D eigenvalue weighted by Gasteiger charge is 2.18. The minimum Gasteiger partial charge on any atom is -0.317 e. The van der Waals surface area contributed by atoms with Gasteiger partial charge >= 0.3 is 0 Å². The van der Waals surface area contributed by atoms with Crippen molar-refractivity contribution in [2.75, 3.05) is 7.05 Å². The highest BCUT2D eigenvalue weighted by molar-refractivity contribution is 4.76.